The Balaban J connectivity index is 1.26. The lowest BCUT2D eigenvalue weighted by atomic mass is 10.2. The van der Waals surface area contributed by atoms with Crippen LogP contribution in [0.2, 0.25) is 0 Å². The molecule has 8 nitrogen and oxygen atoms in total. The number of halogens is 1. The zero-order valence-corrected chi connectivity index (χ0v) is 15.0. The van der Waals surface area contributed by atoms with Crippen molar-refractivity contribution in [2.45, 2.75) is 11.0 Å². The molecule has 5 rings (SSSR count). The first-order valence-electron chi connectivity index (χ1n) is 8.19. The second-order valence-corrected chi connectivity index (χ2v) is 6.68. The summed E-state index contributed by atoms with van der Waals surface area (Å²) in [5.41, 5.74) is 1.41. The highest BCUT2D eigenvalue weighted by atomic mass is 32.2. The van der Waals surface area contributed by atoms with Crippen molar-refractivity contribution >= 4 is 11.8 Å². The van der Waals surface area contributed by atoms with Gasteiger partial charge in [-0.1, -0.05) is 16.9 Å². The van der Waals surface area contributed by atoms with Gasteiger partial charge < -0.3 is 18.4 Å². The Hall–Kier alpha value is -3.40. The van der Waals surface area contributed by atoms with Crippen molar-refractivity contribution in [1.82, 2.24) is 20.3 Å². The summed E-state index contributed by atoms with van der Waals surface area (Å²) in [4.78, 5) is 4.29. The minimum Gasteiger partial charge on any atom is -0.454 e. The van der Waals surface area contributed by atoms with E-state index in [4.69, 9.17) is 18.4 Å². The lowest BCUT2D eigenvalue weighted by Crippen LogP contribution is -1.92. The highest BCUT2D eigenvalue weighted by Crippen LogP contribution is 2.36. The molecule has 0 N–H and O–H groups in total. The van der Waals surface area contributed by atoms with Gasteiger partial charge in [-0.15, -0.1) is 10.2 Å². The largest absolute Gasteiger partial charge is 0.454 e. The van der Waals surface area contributed by atoms with E-state index in [0.717, 1.165) is 5.56 Å². The molecule has 0 radical (unpaired) electrons. The normalized spacial score (nSPS) is 12.5. The second kappa shape index (κ2) is 6.97. The van der Waals surface area contributed by atoms with E-state index in [2.05, 4.69) is 20.3 Å². The minimum atomic E-state index is -0.322. The lowest BCUT2D eigenvalue weighted by molar-refractivity contribution is 0.174. The number of ether oxygens (including phenoxy) is 2. The van der Waals surface area contributed by atoms with E-state index < -0.39 is 0 Å². The molecule has 0 saturated heterocycles. The maximum Gasteiger partial charge on any atom is 0.277 e. The van der Waals surface area contributed by atoms with Gasteiger partial charge in [0, 0.05) is 11.1 Å². The summed E-state index contributed by atoms with van der Waals surface area (Å²) in [6, 6.07) is 11.3. The molecule has 1 aliphatic heterocycles. The van der Waals surface area contributed by atoms with Crippen LogP contribution in [0.4, 0.5) is 4.39 Å². The minimum absolute atomic E-state index is 0.202. The Morgan fingerprint density at radius 2 is 1.79 bits per heavy atom. The number of aromatic nitrogens is 4. The van der Waals surface area contributed by atoms with Crippen molar-refractivity contribution < 1.29 is 22.8 Å². The van der Waals surface area contributed by atoms with E-state index in [-0.39, 0.29) is 12.6 Å². The molecule has 0 amide bonds. The number of nitrogens with zero attached hydrogens (tertiary/aromatic N) is 4. The van der Waals surface area contributed by atoms with Gasteiger partial charge in [-0.25, -0.2) is 4.39 Å². The number of hydrogen-bond acceptors (Lipinski definition) is 9. The van der Waals surface area contributed by atoms with Gasteiger partial charge in [0.25, 0.3) is 5.22 Å². The molecule has 0 aliphatic carbocycles. The van der Waals surface area contributed by atoms with Crippen LogP contribution in [-0.2, 0) is 5.75 Å². The zero-order chi connectivity index (χ0) is 18.9. The number of benzene rings is 2. The van der Waals surface area contributed by atoms with Crippen molar-refractivity contribution in [2.24, 2.45) is 0 Å². The van der Waals surface area contributed by atoms with Crippen LogP contribution in [-0.4, -0.2) is 27.1 Å². The summed E-state index contributed by atoms with van der Waals surface area (Å²) in [5.74, 6) is 2.53. The van der Waals surface area contributed by atoms with Gasteiger partial charge in [0.15, 0.2) is 11.5 Å². The van der Waals surface area contributed by atoms with E-state index >= 15 is 0 Å². The van der Waals surface area contributed by atoms with E-state index in [1.54, 1.807) is 24.3 Å². The first-order chi connectivity index (χ1) is 13.7. The maximum atomic E-state index is 13.0. The molecule has 0 bridgehead atoms. The van der Waals surface area contributed by atoms with Crippen LogP contribution in [0.5, 0.6) is 11.5 Å². The summed E-state index contributed by atoms with van der Waals surface area (Å²) in [7, 11) is 0. The van der Waals surface area contributed by atoms with Gasteiger partial charge in [-0.05, 0) is 42.5 Å². The predicted octanol–water partition coefficient (Wildman–Crippen LogP) is 3.95. The number of thioether (sulfide) groups is 1. The standard InChI is InChI=1S/C18H11FN4O4S/c19-12-4-1-10(2-5-12)16-20-15(27-23-16)8-28-18-22-21-17(26-18)11-3-6-13-14(7-11)25-9-24-13/h1-7H,8-9H2. The highest BCUT2D eigenvalue weighted by Gasteiger charge is 2.17. The third-order valence-corrected chi connectivity index (χ3v) is 4.72. The van der Waals surface area contributed by atoms with Gasteiger partial charge in [-0.2, -0.15) is 4.98 Å². The number of hydrogen-bond donors (Lipinski definition) is 0. The third kappa shape index (κ3) is 3.29. The summed E-state index contributed by atoms with van der Waals surface area (Å²) in [6.45, 7) is 0.202. The molecule has 4 aromatic rings. The molecule has 0 saturated carbocycles. The molecule has 2 aromatic heterocycles. The van der Waals surface area contributed by atoms with Crippen molar-refractivity contribution in [3.8, 4) is 34.3 Å². The SMILES string of the molecule is Fc1ccc(-c2noc(CSc3nnc(-c4ccc5c(c4)OCO5)o3)n2)cc1. The summed E-state index contributed by atoms with van der Waals surface area (Å²) < 4.78 is 34.5. The first kappa shape index (κ1) is 16.8. The molecule has 28 heavy (non-hydrogen) atoms. The van der Waals surface area contributed by atoms with Gasteiger partial charge in [0.1, 0.15) is 5.82 Å². The Bertz CT molecular complexity index is 1130. The van der Waals surface area contributed by atoms with E-state index in [1.807, 2.05) is 6.07 Å². The van der Waals surface area contributed by atoms with E-state index in [0.29, 0.717) is 45.6 Å². The van der Waals surface area contributed by atoms with Crippen molar-refractivity contribution in [2.75, 3.05) is 6.79 Å². The van der Waals surface area contributed by atoms with Crippen LogP contribution in [0.25, 0.3) is 22.8 Å². The molecule has 3 heterocycles. The fourth-order valence-electron chi connectivity index (χ4n) is 2.57. The molecular formula is C18H11FN4O4S. The van der Waals surface area contributed by atoms with Crippen molar-refractivity contribution in [3.63, 3.8) is 0 Å². The fraction of sp³-hybridized carbons (Fsp3) is 0.111. The molecule has 1 aliphatic rings. The van der Waals surface area contributed by atoms with Crippen LogP contribution < -0.4 is 9.47 Å². The van der Waals surface area contributed by atoms with Gasteiger partial charge in [-0.3, -0.25) is 0 Å². The molecule has 140 valence electrons. The predicted molar refractivity (Wildman–Crippen MR) is 95.1 cm³/mol. The quantitative estimate of drug-likeness (QED) is 0.463. The van der Waals surface area contributed by atoms with Crippen LogP contribution in [0.15, 0.2) is 56.6 Å². The Labute approximate surface area is 161 Å². The first-order valence-corrected chi connectivity index (χ1v) is 9.18. The van der Waals surface area contributed by atoms with Gasteiger partial charge in [0.2, 0.25) is 24.4 Å². The third-order valence-electron chi connectivity index (χ3n) is 3.92. The zero-order valence-electron chi connectivity index (χ0n) is 14.2. The van der Waals surface area contributed by atoms with Crippen molar-refractivity contribution in [3.05, 3.63) is 54.2 Å². The Kier molecular flexibility index (Phi) is 4.17. The topological polar surface area (TPSA) is 96.3 Å². The van der Waals surface area contributed by atoms with Crippen LogP contribution in [0, 0.1) is 5.82 Å². The van der Waals surface area contributed by atoms with E-state index in [9.17, 15) is 4.39 Å². The Morgan fingerprint density at radius 1 is 0.964 bits per heavy atom. The molecule has 10 heteroatoms. The molecule has 0 atom stereocenters. The van der Waals surface area contributed by atoms with Gasteiger partial charge in [0.05, 0.1) is 5.75 Å². The van der Waals surface area contributed by atoms with Crippen LogP contribution >= 0.6 is 11.8 Å². The summed E-state index contributed by atoms with van der Waals surface area (Å²) in [5, 5.41) is 12.3. The van der Waals surface area contributed by atoms with Gasteiger partial charge >= 0.3 is 0 Å². The van der Waals surface area contributed by atoms with Crippen LogP contribution in [0.1, 0.15) is 5.89 Å². The lowest BCUT2D eigenvalue weighted by Gasteiger charge is -1.97. The monoisotopic (exact) mass is 398 g/mol. The molecule has 0 unspecified atom stereocenters. The van der Waals surface area contributed by atoms with Crippen molar-refractivity contribution in [1.29, 1.82) is 0 Å². The summed E-state index contributed by atoms with van der Waals surface area (Å²) >= 11 is 1.27. The average molecular weight is 398 g/mol. The van der Waals surface area contributed by atoms with Crippen LogP contribution in [0.3, 0.4) is 0 Å². The fourth-order valence-corrected chi connectivity index (χ4v) is 3.17. The second-order valence-electron chi connectivity index (χ2n) is 5.75. The molecular weight excluding hydrogens is 387 g/mol. The number of rotatable bonds is 5. The van der Waals surface area contributed by atoms with E-state index in [1.165, 1.54) is 23.9 Å². The Morgan fingerprint density at radius 3 is 2.68 bits per heavy atom. The molecule has 0 spiro atoms. The maximum absolute atomic E-state index is 13.0. The molecule has 2 aromatic carbocycles. The highest BCUT2D eigenvalue weighted by molar-refractivity contribution is 7.98. The molecule has 0 fully saturated rings. The number of fused-ring (bicyclic) bond motifs is 1. The smallest absolute Gasteiger partial charge is 0.277 e. The summed E-state index contributed by atoms with van der Waals surface area (Å²) in [6.07, 6.45) is 0. The average Bonchev–Trinajstić information content (AvgIpc) is 3.46.